The van der Waals surface area contributed by atoms with E-state index in [1.54, 1.807) is 0 Å². The van der Waals surface area contributed by atoms with Gasteiger partial charge in [-0.05, 0) is 43.4 Å². The third-order valence-corrected chi connectivity index (χ3v) is 7.70. The first-order valence-corrected chi connectivity index (χ1v) is 9.54. The van der Waals surface area contributed by atoms with Gasteiger partial charge in [-0.2, -0.15) is 0 Å². The molecule has 118 valence electrons. The summed E-state index contributed by atoms with van der Waals surface area (Å²) < 4.78 is 26.0. The molecule has 0 saturated carbocycles. The van der Waals surface area contributed by atoms with E-state index in [9.17, 15) is 8.42 Å². The van der Waals surface area contributed by atoms with Gasteiger partial charge in [-0.15, -0.1) is 0 Å². The van der Waals surface area contributed by atoms with Gasteiger partial charge in [0.25, 0.3) is 0 Å². The number of benzene rings is 1. The van der Waals surface area contributed by atoms with E-state index in [1.807, 2.05) is 39.8 Å². The Balaban J connectivity index is 2.41. The zero-order chi connectivity index (χ0) is 15.6. The maximum atomic E-state index is 13.0. The summed E-state index contributed by atoms with van der Waals surface area (Å²) in [5.41, 5.74) is 2.45. The Kier molecular flexibility index (Phi) is 5.10. The van der Waals surface area contributed by atoms with E-state index in [0.717, 1.165) is 18.5 Å². The van der Waals surface area contributed by atoms with E-state index in [1.165, 1.54) is 5.56 Å². The first-order chi connectivity index (χ1) is 9.89. The molecule has 0 amide bonds. The zero-order valence-electron chi connectivity index (χ0n) is 13.5. The van der Waals surface area contributed by atoms with Crippen molar-refractivity contribution in [2.45, 2.75) is 57.1 Å². The van der Waals surface area contributed by atoms with Crippen LogP contribution >= 0.6 is 0 Å². The van der Waals surface area contributed by atoms with Crippen LogP contribution < -0.4 is 5.32 Å². The summed E-state index contributed by atoms with van der Waals surface area (Å²) in [6.45, 7) is 8.64. The van der Waals surface area contributed by atoms with Crippen LogP contribution in [0.4, 0.5) is 0 Å². The van der Waals surface area contributed by atoms with Crippen molar-refractivity contribution < 1.29 is 8.42 Å². The molecule has 1 N–H and O–H groups in total. The summed E-state index contributed by atoms with van der Waals surface area (Å²) >= 11 is 0. The minimum absolute atomic E-state index is 0.0776. The fourth-order valence-electron chi connectivity index (χ4n) is 3.20. The zero-order valence-corrected chi connectivity index (χ0v) is 14.3. The molecule has 0 bridgehead atoms. The number of fused-ring (bicyclic) bond motifs is 1. The molecule has 0 saturated heterocycles. The van der Waals surface area contributed by atoms with Crippen molar-refractivity contribution in [2.75, 3.05) is 6.54 Å². The maximum absolute atomic E-state index is 13.0. The summed E-state index contributed by atoms with van der Waals surface area (Å²) in [7, 11) is -3.14. The van der Waals surface area contributed by atoms with Crippen LogP contribution in [0.3, 0.4) is 0 Å². The van der Waals surface area contributed by atoms with Gasteiger partial charge >= 0.3 is 0 Å². The monoisotopic (exact) mass is 309 g/mol. The quantitative estimate of drug-likeness (QED) is 0.909. The molecule has 0 fully saturated rings. The molecular weight excluding hydrogens is 282 g/mol. The van der Waals surface area contributed by atoms with Gasteiger partial charge in [0.05, 0.1) is 10.5 Å². The highest BCUT2D eigenvalue weighted by Crippen LogP contribution is 2.36. The highest BCUT2D eigenvalue weighted by molar-refractivity contribution is 7.92. The Morgan fingerprint density at radius 1 is 1.24 bits per heavy atom. The van der Waals surface area contributed by atoms with Crippen LogP contribution in [-0.4, -0.2) is 25.5 Å². The van der Waals surface area contributed by atoms with Crippen LogP contribution in [0.25, 0.3) is 0 Å². The second-order valence-electron chi connectivity index (χ2n) is 6.35. The van der Waals surface area contributed by atoms with E-state index >= 15 is 0 Å². The lowest BCUT2D eigenvalue weighted by atomic mass is 9.87. The van der Waals surface area contributed by atoms with Crippen LogP contribution in [0, 0.1) is 5.92 Å². The number of aryl methyl sites for hydroxylation is 1. The molecule has 1 aliphatic carbocycles. The molecule has 0 aromatic heterocycles. The first-order valence-electron chi connectivity index (χ1n) is 7.93. The Morgan fingerprint density at radius 2 is 1.90 bits per heavy atom. The predicted octanol–water partition coefficient (Wildman–Crippen LogP) is 3.11. The van der Waals surface area contributed by atoms with Crippen LogP contribution in [0.15, 0.2) is 24.3 Å². The van der Waals surface area contributed by atoms with Gasteiger partial charge in [0.1, 0.15) is 0 Å². The summed E-state index contributed by atoms with van der Waals surface area (Å²) in [6.07, 6.45) is 1.57. The third-order valence-electron chi connectivity index (χ3n) is 4.76. The topological polar surface area (TPSA) is 46.2 Å². The fraction of sp³-hybridized carbons (Fsp3) is 0.647. The standard InChI is InChI=1S/C17H27NO2S/c1-5-18-17-15-9-7-6-8-14(15)10-11-16(17)21(19,20)13(4)12(2)3/h6-9,12-13,16-18H,5,10-11H2,1-4H3. The smallest absolute Gasteiger partial charge is 0.157 e. The summed E-state index contributed by atoms with van der Waals surface area (Å²) in [6, 6.07) is 8.15. The largest absolute Gasteiger partial charge is 0.309 e. The minimum atomic E-state index is -3.14. The maximum Gasteiger partial charge on any atom is 0.157 e. The molecule has 21 heavy (non-hydrogen) atoms. The Morgan fingerprint density at radius 3 is 2.52 bits per heavy atom. The van der Waals surface area contributed by atoms with Crippen molar-refractivity contribution in [3.63, 3.8) is 0 Å². The van der Waals surface area contributed by atoms with Crippen LogP contribution in [0.2, 0.25) is 0 Å². The molecule has 3 atom stereocenters. The van der Waals surface area contributed by atoms with E-state index < -0.39 is 9.84 Å². The van der Waals surface area contributed by atoms with Gasteiger partial charge in [-0.1, -0.05) is 45.0 Å². The van der Waals surface area contributed by atoms with Crippen molar-refractivity contribution in [1.82, 2.24) is 5.32 Å². The fourth-order valence-corrected chi connectivity index (χ4v) is 5.58. The predicted molar refractivity (Wildman–Crippen MR) is 88.2 cm³/mol. The van der Waals surface area contributed by atoms with Gasteiger partial charge < -0.3 is 5.32 Å². The molecule has 0 aliphatic heterocycles. The molecule has 4 heteroatoms. The molecule has 1 aromatic carbocycles. The van der Waals surface area contributed by atoms with Crippen molar-refractivity contribution in [3.05, 3.63) is 35.4 Å². The lowest BCUT2D eigenvalue weighted by Crippen LogP contribution is -2.44. The van der Waals surface area contributed by atoms with Gasteiger partial charge in [-0.3, -0.25) is 0 Å². The molecular formula is C17H27NO2S. The second kappa shape index (κ2) is 6.49. The molecule has 1 aliphatic rings. The van der Waals surface area contributed by atoms with Crippen LogP contribution in [0.5, 0.6) is 0 Å². The molecule has 3 unspecified atom stereocenters. The van der Waals surface area contributed by atoms with Gasteiger partial charge in [0, 0.05) is 6.04 Å². The molecule has 0 heterocycles. The highest BCUT2D eigenvalue weighted by Gasteiger charge is 2.41. The Hall–Kier alpha value is -0.870. The number of nitrogens with one attached hydrogen (secondary N) is 1. The number of sulfone groups is 1. The normalized spacial score (nSPS) is 23.9. The SMILES string of the molecule is CCNC1c2ccccc2CCC1S(=O)(=O)C(C)C(C)C. The van der Waals surface area contributed by atoms with E-state index in [4.69, 9.17) is 0 Å². The van der Waals surface area contributed by atoms with E-state index in [0.29, 0.717) is 6.42 Å². The van der Waals surface area contributed by atoms with Crippen molar-refractivity contribution in [3.8, 4) is 0 Å². The molecule has 0 spiro atoms. The lowest BCUT2D eigenvalue weighted by molar-refractivity contribution is 0.445. The summed E-state index contributed by atoms with van der Waals surface area (Å²) in [5, 5.41) is 2.80. The second-order valence-corrected chi connectivity index (χ2v) is 8.88. The average Bonchev–Trinajstić information content (AvgIpc) is 2.46. The van der Waals surface area contributed by atoms with E-state index in [-0.39, 0.29) is 22.5 Å². The summed E-state index contributed by atoms with van der Waals surface area (Å²) in [5.74, 6) is 0.148. The van der Waals surface area contributed by atoms with Gasteiger partial charge in [0.2, 0.25) is 0 Å². The number of hydrogen-bond acceptors (Lipinski definition) is 3. The Bertz CT molecular complexity index is 580. The number of hydrogen-bond donors (Lipinski definition) is 1. The lowest BCUT2D eigenvalue weighted by Gasteiger charge is -2.36. The molecule has 0 radical (unpaired) electrons. The van der Waals surface area contributed by atoms with Gasteiger partial charge in [-0.25, -0.2) is 8.42 Å². The number of rotatable bonds is 5. The molecule has 2 rings (SSSR count). The average molecular weight is 309 g/mol. The summed E-state index contributed by atoms with van der Waals surface area (Å²) in [4.78, 5) is 0. The van der Waals surface area contributed by atoms with E-state index in [2.05, 4.69) is 17.4 Å². The van der Waals surface area contributed by atoms with Crippen molar-refractivity contribution >= 4 is 9.84 Å². The van der Waals surface area contributed by atoms with Crippen molar-refractivity contribution in [2.24, 2.45) is 5.92 Å². The minimum Gasteiger partial charge on any atom is -0.309 e. The molecule has 3 nitrogen and oxygen atoms in total. The molecule has 1 aromatic rings. The highest BCUT2D eigenvalue weighted by atomic mass is 32.2. The van der Waals surface area contributed by atoms with Crippen molar-refractivity contribution in [1.29, 1.82) is 0 Å². The first kappa shape index (κ1) is 16.5. The van der Waals surface area contributed by atoms with Crippen LogP contribution in [0.1, 0.15) is 51.3 Å². The Labute approximate surface area is 129 Å². The third kappa shape index (κ3) is 3.16. The van der Waals surface area contributed by atoms with Gasteiger partial charge in [0.15, 0.2) is 9.84 Å². The van der Waals surface area contributed by atoms with Crippen LogP contribution in [-0.2, 0) is 16.3 Å².